The van der Waals surface area contributed by atoms with Crippen molar-refractivity contribution in [2.75, 3.05) is 11.4 Å². The summed E-state index contributed by atoms with van der Waals surface area (Å²) >= 11 is 0. The van der Waals surface area contributed by atoms with E-state index >= 15 is 0 Å². The van der Waals surface area contributed by atoms with Crippen molar-refractivity contribution in [2.24, 2.45) is 17.3 Å². The lowest BCUT2D eigenvalue weighted by Crippen LogP contribution is -2.42. The smallest absolute Gasteiger partial charge is 0.227 e. The average Bonchev–Trinajstić information content (AvgIpc) is 2.97. The third-order valence-corrected chi connectivity index (χ3v) is 5.86. The molecule has 136 valence electrons. The summed E-state index contributed by atoms with van der Waals surface area (Å²) < 4.78 is 0. The third kappa shape index (κ3) is 4.23. The number of nitrogens with zero attached hydrogens (tertiary/aromatic N) is 1. The van der Waals surface area contributed by atoms with Crippen molar-refractivity contribution in [3.05, 3.63) is 30.3 Å². The molecule has 1 saturated carbocycles. The molecule has 0 radical (unpaired) electrons. The van der Waals surface area contributed by atoms with Crippen LogP contribution in [0.15, 0.2) is 30.3 Å². The lowest BCUT2D eigenvalue weighted by atomic mass is 9.71. The Morgan fingerprint density at radius 2 is 1.72 bits per heavy atom. The number of amides is 2. The zero-order valence-corrected chi connectivity index (χ0v) is 15.6. The fourth-order valence-corrected chi connectivity index (χ4v) is 4.16. The van der Waals surface area contributed by atoms with Crippen molar-refractivity contribution in [1.29, 1.82) is 0 Å². The molecule has 1 aliphatic carbocycles. The Hall–Kier alpha value is -1.84. The Balaban J connectivity index is 1.52. The maximum atomic E-state index is 12.6. The predicted octanol–water partition coefficient (Wildman–Crippen LogP) is 3.76. The molecule has 2 amide bonds. The van der Waals surface area contributed by atoms with Gasteiger partial charge in [0.15, 0.2) is 0 Å². The number of rotatable bonds is 3. The highest BCUT2D eigenvalue weighted by Gasteiger charge is 2.36. The fraction of sp³-hybridized carbons (Fsp3) is 0.619. The number of anilines is 1. The van der Waals surface area contributed by atoms with Crippen molar-refractivity contribution in [3.63, 3.8) is 0 Å². The number of hydrogen-bond donors (Lipinski definition) is 1. The van der Waals surface area contributed by atoms with E-state index in [-0.39, 0.29) is 23.8 Å². The van der Waals surface area contributed by atoms with Crippen LogP contribution in [0, 0.1) is 17.3 Å². The first kappa shape index (κ1) is 18.0. The third-order valence-electron chi connectivity index (χ3n) is 5.86. The normalized spacial score (nSPS) is 27.4. The van der Waals surface area contributed by atoms with Gasteiger partial charge in [-0.3, -0.25) is 9.59 Å². The second-order valence-electron chi connectivity index (χ2n) is 8.66. The molecule has 4 nitrogen and oxygen atoms in total. The van der Waals surface area contributed by atoms with Gasteiger partial charge in [0.1, 0.15) is 0 Å². The first-order valence-electron chi connectivity index (χ1n) is 9.50. The molecule has 1 atom stereocenters. The lowest BCUT2D eigenvalue weighted by molar-refractivity contribution is -0.127. The van der Waals surface area contributed by atoms with Gasteiger partial charge in [-0.2, -0.15) is 0 Å². The standard InChI is InChI=1S/C21H30N2O2/c1-21(2,3)16-9-11-17(12-10-16)22-20(25)15-13-19(24)23(14-15)18-7-5-4-6-8-18/h4-8,15-17H,9-14H2,1-3H3,(H,22,25)/t15-,16?,17?/m1/s1. The van der Waals surface area contributed by atoms with Gasteiger partial charge >= 0.3 is 0 Å². The van der Waals surface area contributed by atoms with Crippen molar-refractivity contribution in [2.45, 2.75) is 58.9 Å². The molecule has 0 aromatic heterocycles. The maximum Gasteiger partial charge on any atom is 0.227 e. The van der Waals surface area contributed by atoms with Crippen LogP contribution in [0.3, 0.4) is 0 Å². The van der Waals surface area contributed by atoms with Gasteiger partial charge in [0.2, 0.25) is 11.8 Å². The monoisotopic (exact) mass is 342 g/mol. The summed E-state index contributed by atoms with van der Waals surface area (Å²) in [4.78, 5) is 26.6. The minimum Gasteiger partial charge on any atom is -0.353 e. The molecule has 2 fully saturated rings. The van der Waals surface area contributed by atoms with Gasteiger partial charge in [0.05, 0.1) is 5.92 Å². The fourth-order valence-electron chi connectivity index (χ4n) is 4.16. The number of carbonyl (C=O) groups is 2. The number of carbonyl (C=O) groups excluding carboxylic acids is 2. The van der Waals surface area contributed by atoms with Crippen LogP contribution < -0.4 is 10.2 Å². The van der Waals surface area contributed by atoms with Gasteiger partial charge < -0.3 is 10.2 Å². The number of nitrogens with one attached hydrogen (secondary N) is 1. The maximum absolute atomic E-state index is 12.6. The zero-order valence-electron chi connectivity index (χ0n) is 15.6. The largest absolute Gasteiger partial charge is 0.353 e. The molecule has 25 heavy (non-hydrogen) atoms. The molecule has 1 heterocycles. The Morgan fingerprint density at radius 1 is 1.08 bits per heavy atom. The van der Waals surface area contributed by atoms with Crippen LogP contribution in [0.4, 0.5) is 5.69 Å². The van der Waals surface area contributed by atoms with E-state index in [9.17, 15) is 9.59 Å². The van der Waals surface area contributed by atoms with Crippen LogP contribution in [0.25, 0.3) is 0 Å². The van der Waals surface area contributed by atoms with Crippen molar-refractivity contribution in [3.8, 4) is 0 Å². The second kappa shape index (κ2) is 7.19. The number of para-hydroxylation sites is 1. The van der Waals surface area contributed by atoms with E-state index in [1.54, 1.807) is 4.90 Å². The summed E-state index contributed by atoms with van der Waals surface area (Å²) in [5.41, 5.74) is 1.23. The first-order chi connectivity index (χ1) is 11.8. The molecule has 4 heteroatoms. The summed E-state index contributed by atoms with van der Waals surface area (Å²) in [6.45, 7) is 7.41. The minimum atomic E-state index is -0.229. The van der Waals surface area contributed by atoms with E-state index in [4.69, 9.17) is 0 Å². The molecule has 2 aliphatic rings. The van der Waals surface area contributed by atoms with Crippen molar-refractivity contribution < 1.29 is 9.59 Å². The van der Waals surface area contributed by atoms with Crippen LogP contribution in [0.2, 0.25) is 0 Å². The van der Waals surface area contributed by atoms with Gasteiger partial charge in [0, 0.05) is 24.7 Å². The Morgan fingerprint density at radius 3 is 2.32 bits per heavy atom. The van der Waals surface area contributed by atoms with Gasteiger partial charge in [-0.25, -0.2) is 0 Å². The van der Waals surface area contributed by atoms with Crippen LogP contribution in [-0.4, -0.2) is 24.4 Å². The van der Waals surface area contributed by atoms with Crippen LogP contribution in [0.5, 0.6) is 0 Å². The number of hydrogen-bond acceptors (Lipinski definition) is 2. The topological polar surface area (TPSA) is 49.4 Å². The summed E-state index contributed by atoms with van der Waals surface area (Å²) in [5.74, 6) is 0.601. The Kier molecular flexibility index (Phi) is 5.16. The molecule has 0 bridgehead atoms. The number of benzene rings is 1. The Labute approximate surface area is 151 Å². The lowest BCUT2D eigenvalue weighted by Gasteiger charge is -2.37. The summed E-state index contributed by atoms with van der Waals surface area (Å²) in [6, 6.07) is 9.89. The molecule has 1 aromatic carbocycles. The highest BCUT2D eigenvalue weighted by Crippen LogP contribution is 2.37. The second-order valence-corrected chi connectivity index (χ2v) is 8.66. The molecule has 1 N–H and O–H groups in total. The molecule has 3 rings (SSSR count). The van der Waals surface area contributed by atoms with E-state index in [2.05, 4.69) is 26.1 Å². The average molecular weight is 342 g/mol. The molecule has 1 aromatic rings. The molecule has 1 aliphatic heterocycles. The molecular weight excluding hydrogens is 312 g/mol. The first-order valence-corrected chi connectivity index (χ1v) is 9.50. The molecule has 0 unspecified atom stereocenters. The Bertz CT molecular complexity index is 613. The molecule has 1 saturated heterocycles. The van der Waals surface area contributed by atoms with E-state index in [1.165, 1.54) is 12.8 Å². The van der Waals surface area contributed by atoms with E-state index < -0.39 is 0 Å². The van der Waals surface area contributed by atoms with Crippen LogP contribution in [0.1, 0.15) is 52.9 Å². The summed E-state index contributed by atoms with van der Waals surface area (Å²) in [5, 5.41) is 3.21. The van der Waals surface area contributed by atoms with Gasteiger partial charge in [-0.05, 0) is 49.1 Å². The summed E-state index contributed by atoms with van der Waals surface area (Å²) in [6.07, 6.45) is 4.77. The summed E-state index contributed by atoms with van der Waals surface area (Å²) in [7, 11) is 0. The van der Waals surface area contributed by atoms with Crippen LogP contribution in [-0.2, 0) is 9.59 Å². The van der Waals surface area contributed by atoms with Gasteiger partial charge in [-0.1, -0.05) is 39.0 Å². The van der Waals surface area contributed by atoms with Crippen LogP contribution >= 0.6 is 0 Å². The van der Waals surface area contributed by atoms with E-state index in [0.717, 1.165) is 24.4 Å². The molecular formula is C21H30N2O2. The molecule has 0 spiro atoms. The van der Waals surface area contributed by atoms with Gasteiger partial charge in [-0.15, -0.1) is 0 Å². The van der Waals surface area contributed by atoms with Gasteiger partial charge in [0.25, 0.3) is 0 Å². The quantitative estimate of drug-likeness (QED) is 0.909. The van der Waals surface area contributed by atoms with E-state index in [1.807, 2.05) is 30.3 Å². The highest BCUT2D eigenvalue weighted by atomic mass is 16.2. The predicted molar refractivity (Wildman–Crippen MR) is 100 cm³/mol. The van der Waals surface area contributed by atoms with Crippen molar-refractivity contribution >= 4 is 17.5 Å². The SMILES string of the molecule is CC(C)(C)C1CCC(NC(=O)[C@@H]2CC(=O)N(c3ccccc3)C2)CC1. The zero-order chi connectivity index (χ0) is 18.0. The highest BCUT2D eigenvalue weighted by molar-refractivity contribution is 6.00. The van der Waals surface area contributed by atoms with Crippen molar-refractivity contribution in [1.82, 2.24) is 5.32 Å². The van der Waals surface area contributed by atoms with E-state index in [0.29, 0.717) is 18.4 Å². The minimum absolute atomic E-state index is 0.0443.